The number of thioether (sulfide) groups is 1. The minimum atomic E-state index is -0.784. The Hall–Kier alpha value is -1.78. The summed E-state index contributed by atoms with van der Waals surface area (Å²) < 4.78 is 0. The van der Waals surface area contributed by atoms with Gasteiger partial charge in [0.15, 0.2) is 0 Å². The van der Waals surface area contributed by atoms with E-state index in [9.17, 15) is 9.90 Å². The van der Waals surface area contributed by atoms with Gasteiger partial charge in [-0.2, -0.15) is 11.8 Å². The highest BCUT2D eigenvalue weighted by Crippen LogP contribution is 2.21. The number of hydrogen-bond acceptors (Lipinski definition) is 3. The molecule has 0 unspecified atom stereocenters. The molecule has 2 aromatic carbocycles. The van der Waals surface area contributed by atoms with E-state index in [0.29, 0.717) is 13.0 Å². The Morgan fingerprint density at radius 3 is 2.57 bits per heavy atom. The number of carbonyl (C=O) groups is 1. The molecular formula is C19H23NO2S. The molecule has 0 bridgehead atoms. The first kappa shape index (κ1) is 17.6. The standard InChI is InChI=1S/C19H23NO2S/c1-14-6-8-16(9-7-14)17-5-3-4-15(12-17)13-20-18(19(21)22)10-11-23-2/h3-9,12,18,20H,10-11,13H2,1-2H3,(H,21,22)/t18-/m0/s1. The minimum absolute atomic E-state index is 0.495. The molecule has 23 heavy (non-hydrogen) atoms. The average molecular weight is 329 g/mol. The van der Waals surface area contributed by atoms with Crippen LogP contribution in [0.3, 0.4) is 0 Å². The van der Waals surface area contributed by atoms with Crippen LogP contribution in [0.15, 0.2) is 48.5 Å². The van der Waals surface area contributed by atoms with E-state index < -0.39 is 12.0 Å². The number of aryl methyl sites for hydroxylation is 1. The lowest BCUT2D eigenvalue weighted by atomic mass is 10.0. The molecular weight excluding hydrogens is 306 g/mol. The Balaban J connectivity index is 2.04. The highest BCUT2D eigenvalue weighted by atomic mass is 32.2. The maximum absolute atomic E-state index is 11.3. The fourth-order valence-corrected chi connectivity index (χ4v) is 2.87. The summed E-state index contributed by atoms with van der Waals surface area (Å²) in [5.74, 6) is 0.0571. The molecule has 0 heterocycles. The molecule has 0 aliphatic carbocycles. The van der Waals surface area contributed by atoms with Crippen LogP contribution in [-0.2, 0) is 11.3 Å². The predicted molar refractivity (Wildman–Crippen MR) is 97.9 cm³/mol. The summed E-state index contributed by atoms with van der Waals surface area (Å²) in [6.45, 7) is 2.63. The molecule has 4 heteroatoms. The zero-order chi connectivity index (χ0) is 16.7. The largest absolute Gasteiger partial charge is 0.480 e. The molecule has 0 spiro atoms. The van der Waals surface area contributed by atoms with Gasteiger partial charge in [0, 0.05) is 6.54 Å². The van der Waals surface area contributed by atoms with Crippen molar-refractivity contribution in [2.75, 3.05) is 12.0 Å². The van der Waals surface area contributed by atoms with Crippen LogP contribution in [0.25, 0.3) is 11.1 Å². The first-order valence-corrected chi connectivity index (χ1v) is 9.10. The van der Waals surface area contributed by atoms with E-state index in [0.717, 1.165) is 16.9 Å². The van der Waals surface area contributed by atoms with Crippen LogP contribution in [0.5, 0.6) is 0 Å². The number of rotatable bonds is 8. The predicted octanol–water partition coefficient (Wildman–Crippen LogP) is 3.96. The lowest BCUT2D eigenvalue weighted by Crippen LogP contribution is -2.36. The lowest BCUT2D eigenvalue weighted by molar-refractivity contribution is -0.139. The molecule has 0 saturated carbocycles. The Labute approximate surface area is 142 Å². The molecule has 0 aliphatic heterocycles. The second kappa shape index (κ2) is 8.75. The molecule has 0 aromatic heterocycles. The van der Waals surface area contributed by atoms with E-state index in [1.807, 2.05) is 18.4 Å². The molecule has 0 amide bonds. The minimum Gasteiger partial charge on any atom is -0.480 e. The Bertz CT molecular complexity index is 640. The normalized spacial score (nSPS) is 12.1. The van der Waals surface area contributed by atoms with Crippen LogP contribution in [0.2, 0.25) is 0 Å². The fraction of sp³-hybridized carbons (Fsp3) is 0.316. The van der Waals surface area contributed by atoms with E-state index in [1.165, 1.54) is 11.1 Å². The molecule has 1 atom stereocenters. The van der Waals surface area contributed by atoms with Crippen molar-refractivity contribution in [3.8, 4) is 11.1 Å². The summed E-state index contributed by atoms with van der Waals surface area (Å²) in [6, 6.07) is 16.2. The molecule has 0 fully saturated rings. The molecule has 0 radical (unpaired) electrons. The van der Waals surface area contributed by atoms with E-state index in [2.05, 4.69) is 48.6 Å². The quantitative estimate of drug-likeness (QED) is 0.770. The summed E-state index contributed by atoms with van der Waals surface area (Å²) in [7, 11) is 0. The Morgan fingerprint density at radius 2 is 1.91 bits per heavy atom. The van der Waals surface area contributed by atoms with Crippen LogP contribution in [0.1, 0.15) is 17.5 Å². The van der Waals surface area contributed by atoms with E-state index in [1.54, 1.807) is 11.8 Å². The van der Waals surface area contributed by atoms with Crippen molar-refractivity contribution in [2.24, 2.45) is 0 Å². The highest BCUT2D eigenvalue weighted by molar-refractivity contribution is 7.98. The number of hydrogen-bond donors (Lipinski definition) is 2. The number of aliphatic carboxylic acids is 1. The van der Waals surface area contributed by atoms with Crippen molar-refractivity contribution in [2.45, 2.75) is 25.9 Å². The van der Waals surface area contributed by atoms with Gasteiger partial charge in [-0.3, -0.25) is 4.79 Å². The summed E-state index contributed by atoms with van der Waals surface area (Å²) in [5.41, 5.74) is 4.66. The van der Waals surface area contributed by atoms with Gasteiger partial charge < -0.3 is 10.4 Å². The van der Waals surface area contributed by atoms with E-state index >= 15 is 0 Å². The van der Waals surface area contributed by atoms with Gasteiger partial charge >= 0.3 is 5.97 Å². The molecule has 0 aliphatic rings. The zero-order valence-electron chi connectivity index (χ0n) is 13.6. The van der Waals surface area contributed by atoms with Gasteiger partial charge in [-0.25, -0.2) is 0 Å². The first-order chi connectivity index (χ1) is 11.1. The van der Waals surface area contributed by atoms with Gasteiger partial charge in [-0.05, 0) is 48.1 Å². The Morgan fingerprint density at radius 1 is 1.17 bits per heavy atom. The van der Waals surface area contributed by atoms with Crippen LogP contribution in [0.4, 0.5) is 0 Å². The average Bonchev–Trinajstić information content (AvgIpc) is 2.55. The fourth-order valence-electron chi connectivity index (χ4n) is 2.40. The second-order valence-electron chi connectivity index (χ2n) is 5.62. The monoisotopic (exact) mass is 329 g/mol. The summed E-state index contributed by atoms with van der Waals surface area (Å²) in [4.78, 5) is 11.3. The van der Waals surface area contributed by atoms with Gasteiger partial charge in [-0.15, -0.1) is 0 Å². The highest BCUT2D eigenvalue weighted by Gasteiger charge is 2.15. The van der Waals surface area contributed by atoms with Crippen LogP contribution < -0.4 is 5.32 Å². The van der Waals surface area contributed by atoms with E-state index in [4.69, 9.17) is 0 Å². The molecule has 2 aromatic rings. The summed E-state index contributed by atoms with van der Waals surface area (Å²) in [5, 5.41) is 12.4. The lowest BCUT2D eigenvalue weighted by Gasteiger charge is -2.14. The zero-order valence-corrected chi connectivity index (χ0v) is 14.4. The number of benzene rings is 2. The van der Waals surface area contributed by atoms with Gasteiger partial charge in [0.25, 0.3) is 0 Å². The van der Waals surface area contributed by atoms with Crippen LogP contribution >= 0.6 is 11.8 Å². The molecule has 2 N–H and O–H groups in total. The third kappa shape index (κ3) is 5.41. The topological polar surface area (TPSA) is 49.3 Å². The van der Waals surface area contributed by atoms with Crippen LogP contribution in [0, 0.1) is 6.92 Å². The maximum atomic E-state index is 11.3. The van der Waals surface area contributed by atoms with Gasteiger partial charge in [0.05, 0.1) is 0 Å². The third-order valence-corrected chi connectivity index (χ3v) is 4.42. The smallest absolute Gasteiger partial charge is 0.320 e. The third-order valence-electron chi connectivity index (χ3n) is 3.77. The van der Waals surface area contributed by atoms with Gasteiger partial charge in [0.2, 0.25) is 0 Å². The SMILES string of the molecule is CSCC[C@H](NCc1cccc(-c2ccc(C)cc2)c1)C(=O)O. The first-order valence-electron chi connectivity index (χ1n) is 7.71. The molecule has 3 nitrogen and oxygen atoms in total. The summed E-state index contributed by atoms with van der Waals surface area (Å²) >= 11 is 1.67. The van der Waals surface area contributed by atoms with Crippen molar-refractivity contribution >= 4 is 17.7 Å². The van der Waals surface area contributed by atoms with Crippen molar-refractivity contribution in [3.63, 3.8) is 0 Å². The van der Waals surface area contributed by atoms with Crippen molar-refractivity contribution in [3.05, 3.63) is 59.7 Å². The number of carboxylic acids is 1. The summed E-state index contributed by atoms with van der Waals surface area (Å²) in [6.07, 6.45) is 2.62. The molecule has 122 valence electrons. The molecule has 2 rings (SSSR count). The number of nitrogens with one attached hydrogen (secondary N) is 1. The van der Waals surface area contributed by atoms with Gasteiger partial charge in [-0.1, -0.05) is 48.0 Å². The maximum Gasteiger partial charge on any atom is 0.320 e. The van der Waals surface area contributed by atoms with Crippen LogP contribution in [-0.4, -0.2) is 29.1 Å². The van der Waals surface area contributed by atoms with Crippen molar-refractivity contribution in [1.82, 2.24) is 5.32 Å². The second-order valence-corrected chi connectivity index (χ2v) is 6.61. The van der Waals surface area contributed by atoms with Gasteiger partial charge in [0.1, 0.15) is 6.04 Å². The molecule has 0 saturated heterocycles. The Kier molecular flexibility index (Phi) is 6.68. The van der Waals surface area contributed by atoms with Crippen molar-refractivity contribution in [1.29, 1.82) is 0 Å². The number of carboxylic acid groups (broad SMARTS) is 1. The van der Waals surface area contributed by atoms with E-state index in [-0.39, 0.29) is 0 Å². The van der Waals surface area contributed by atoms with Crippen molar-refractivity contribution < 1.29 is 9.90 Å².